The Labute approximate surface area is 190 Å². The number of pyridine rings is 1. The summed E-state index contributed by atoms with van der Waals surface area (Å²) in [5.74, 6) is -0.388. The van der Waals surface area contributed by atoms with Crippen LogP contribution in [0, 0.1) is 11.3 Å². The van der Waals surface area contributed by atoms with Gasteiger partial charge in [-0.3, -0.25) is 9.79 Å². The van der Waals surface area contributed by atoms with Crippen molar-refractivity contribution in [2.45, 2.75) is 26.4 Å². The number of aromatic nitrogens is 1. The van der Waals surface area contributed by atoms with Crippen molar-refractivity contribution >= 4 is 23.5 Å². The molecule has 0 aliphatic carbocycles. The van der Waals surface area contributed by atoms with Crippen LogP contribution in [-0.2, 0) is 11.0 Å². The van der Waals surface area contributed by atoms with Crippen molar-refractivity contribution in [2.75, 3.05) is 38.2 Å². The Morgan fingerprint density at radius 2 is 2.09 bits per heavy atom. The zero-order valence-electron chi connectivity index (χ0n) is 18.6. The van der Waals surface area contributed by atoms with E-state index >= 15 is 0 Å². The highest BCUT2D eigenvalue weighted by molar-refractivity contribution is 5.86. The van der Waals surface area contributed by atoms with Crippen molar-refractivity contribution in [1.29, 1.82) is 5.26 Å². The zero-order valence-corrected chi connectivity index (χ0v) is 18.6. The molecule has 2 heterocycles. The van der Waals surface area contributed by atoms with E-state index in [1.807, 2.05) is 17.9 Å². The predicted octanol–water partition coefficient (Wildman–Crippen LogP) is 4.43. The van der Waals surface area contributed by atoms with Gasteiger partial charge in [-0.05, 0) is 37.6 Å². The number of nitrogens with zero attached hydrogens (tertiary/aromatic N) is 5. The molecule has 33 heavy (non-hydrogen) atoms. The van der Waals surface area contributed by atoms with Crippen LogP contribution in [0.2, 0.25) is 0 Å². The fraction of sp³-hybridized carbons (Fsp3) is 0.391. The lowest BCUT2D eigenvalue weighted by Gasteiger charge is -2.24. The summed E-state index contributed by atoms with van der Waals surface area (Å²) in [6.07, 6.45) is -2.60. The molecule has 0 atom stereocenters. The minimum absolute atomic E-state index is 0.0324. The van der Waals surface area contributed by atoms with Gasteiger partial charge < -0.3 is 14.5 Å². The number of fused-ring (bicyclic) bond motifs is 1. The molecule has 0 N–H and O–H groups in total. The van der Waals surface area contributed by atoms with Gasteiger partial charge in [-0.1, -0.05) is 0 Å². The van der Waals surface area contributed by atoms with Crippen LogP contribution >= 0.6 is 0 Å². The maximum absolute atomic E-state index is 13.8. The second kappa shape index (κ2) is 9.90. The van der Waals surface area contributed by atoms with E-state index in [1.54, 1.807) is 24.2 Å². The molecule has 0 saturated carbocycles. The van der Waals surface area contributed by atoms with Gasteiger partial charge >= 0.3 is 6.18 Å². The number of amides is 1. The van der Waals surface area contributed by atoms with E-state index in [4.69, 9.17) is 4.74 Å². The van der Waals surface area contributed by atoms with Crippen LogP contribution in [0.3, 0.4) is 0 Å². The zero-order chi connectivity index (χ0) is 24.2. The molecular weight excluding hydrogens is 435 g/mol. The number of carbonyl (C=O) groups excluding carboxylic acids is 1. The van der Waals surface area contributed by atoms with Crippen molar-refractivity contribution in [2.24, 2.45) is 4.99 Å². The quantitative estimate of drug-likeness (QED) is 0.572. The molecule has 0 radical (unpaired) electrons. The van der Waals surface area contributed by atoms with Crippen molar-refractivity contribution in [1.82, 2.24) is 9.88 Å². The SMILES string of the molecule is CCN(CCCOc1ccc(-c2cc3c(c(C#N)n2)N=CCN3C)cc1C(F)(F)F)C(C)=O. The van der Waals surface area contributed by atoms with E-state index in [0.717, 1.165) is 6.07 Å². The lowest BCUT2D eigenvalue weighted by atomic mass is 10.0. The largest absolute Gasteiger partial charge is 0.493 e. The van der Waals surface area contributed by atoms with Gasteiger partial charge in [-0.15, -0.1) is 0 Å². The molecule has 0 fully saturated rings. The molecule has 0 spiro atoms. The highest BCUT2D eigenvalue weighted by atomic mass is 19.4. The molecule has 0 bridgehead atoms. The Morgan fingerprint density at radius 3 is 2.73 bits per heavy atom. The molecule has 0 saturated heterocycles. The van der Waals surface area contributed by atoms with Gasteiger partial charge in [0, 0.05) is 38.8 Å². The third kappa shape index (κ3) is 5.42. The van der Waals surface area contributed by atoms with E-state index in [0.29, 0.717) is 37.4 Å². The molecule has 7 nitrogen and oxygen atoms in total. The second-order valence-corrected chi connectivity index (χ2v) is 7.54. The van der Waals surface area contributed by atoms with Crippen molar-refractivity contribution < 1.29 is 22.7 Å². The Kier molecular flexibility index (Phi) is 7.21. The molecule has 10 heteroatoms. The summed E-state index contributed by atoms with van der Waals surface area (Å²) in [4.78, 5) is 23.3. The van der Waals surface area contributed by atoms with Gasteiger partial charge in [-0.25, -0.2) is 4.98 Å². The number of rotatable bonds is 7. The first-order chi connectivity index (χ1) is 15.7. The first-order valence-electron chi connectivity index (χ1n) is 10.4. The van der Waals surface area contributed by atoms with Crippen LogP contribution in [0.5, 0.6) is 5.75 Å². The number of hydrogen-bond donors (Lipinski definition) is 0. The summed E-state index contributed by atoms with van der Waals surface area (Å²) in [5.41, 5.74) is 0.599. The fourth-order valence-corrected chi connectivity index (χ4v) is 3.53. The Hall–Kier alpha value is -3.61. The van der Waals surface area contributed by atoms with Crippen molar-refractivity contribution in [3.05, 3.63) is 35.5 Å². The molecule has 1 amide bonds. The predicted molar refractivity (Wildman–Crippen MR) is 119 cm³/mol. The molecule has 1 aliphatic heterocycles. The van der Waals surface area contributed by atoms with Crippen LogP contribution in [0.1, 0.15) is 31.5 Å². The normalized spacial score (nSPS) is 12.8. The average molecular weight is 459 g/mol. The summed E-state index contributed by atoms with van der Waals surface area (Å²) < 4.78 is 46.8. The summed E-state index contributed by atoms with van der Waals surface area (Å²) in [5, 5.41) is 9.46. The number of alkyl halides is 3. The third-order valence-electron chi connectivity index (χ3n) is 5.30. The van der Waals surface area contributed by atoms with E-state index in [1.165, 1.54) is 19.1 Å². The van der Waals surface area contributed by atoms with Crippen LogP contribution in [0.15, 0.2) is 29.3 Å². The lowest BCUT2D eigenvalue weighted by molar-refractivity contribution is -0.138. The number of hydrogen-bond acceptors (Lipinski definition) is 6. The third-order valence-corrected chi connectivity index (χ3v) is 5.30. The lowest BCUT2D eigenvalue weighted by Crippen LogP contribution is -2.30. The van der Waals surface area contributed by atoms with E-state index in [9.17, 15) is 23.2 Å². The number of benzene rings is 1. The van der Waals surface area contributed by atoms with E-state index in [-0.39, 0.29) is 35.2 Å². The standard InChI is InChI=1S/C23H24F3N5O2/c1-4-31(15(2)32)9-5-11-33-21-7-6-16(12-17(21)23(24,25)26)18-13-20-22(19(14-27)29-18)28-8-10-30(20)3/h6-8,12-13H,4-5,9-11H2,1-3H3. The number of aliphatic imine (C=N–C) groups is 1. The van der Waals surface area contributed by atoms with Gasteiger partial charge in [-0.2, -0.15) is 18.4 Å². The Morgan fingerprint density at radius 1 is 1.33 bits per heavy atom. The van der Waals surface area contributed by atoms with Gasteiger partial charge in [0.25, 0.3) is 0 Å². The minimum atomic E-state index is -4.65. The molecule has 174 valence electrons. The first-order valence-corrected chi connectivity index (χ1v) is 10.4. The topological polar surface area (TPSA) is 81.8 Å². The molecule has 3 rings (SSSR count). The van der Waals surface area contributed by atoms with Crippen LogP contribution < -0.4 is 9.64 Å². The molecule has 1 aromatic carbocycles. The number of ether oxygens (including phenoxy) is 1. The maximum Gasteiger partial charge on any atom is 0.419 e. The number of anilines is 1. The number of halogens is 3. The van der Waals surface area contributed by atoms with Gasteiger partial charge in [0.1, 0.15) is 17.5 Å². The first kappa shape index (κ1) is 24.0. The monoisotopic (exact) mass is 459 g/mol. The molecular formula is C23H24F3N5O2. The molecule has 0 unspecified atom stereocenters. The Bertz CT molecular complexity index is 1110. The fourth-order valence-electron chi connectivity index (χ4n) is 3.53. The van der Waals surface area contributed by atoms with Gasteiger partial charge in [0.2, 0.25) is 5.91 Å². The van der Waals surface area contributed by atoms with Gasteiger partial charge in [0.15, 0.2) is 5.69 Å². The maximum atomic E-state index is 13.8. The Balaban J connectivity index is 1.89. The second-order valence-electron chi connectivity index (χ2n) is 7.54. The molecule has 1 aliphatic rings. The van der Waals surface area contributed by atoms with Gasteiger partial charge in [0.05, 0.1) is 30.1 Å². The van der Waals surface area contributed by atoms with Crippen LogP contribution in [0.25, 0.3) is 11.3 Å². The van der Waals surface area contributed by atoms with Crippen molar-refractivity contribution in [3.63, 3.8) is 0 Å². The summed E-state index contributed by atoms with van der Waals surface area (Å²) in [6, 6.07) is 7.32. The highest BCUT2D eigenvalue weighted by Gasteiger charge is 2.35. The minimum Gasteiger partial charge on any atom is -0.493 e. The number of nitriles is 1. The summed E-state index contributed by atoms with van der Waals surface area (Å²) >= 11 is 0. The number of carbonyl (C=O) groups is 1. The van der Waals surface area contributed by atoms with Crippen LogP contribution in [0.4, 0.5) is 24.5 Å². The molecule has 1 aromatic heterocycles. The van der Waals surface area contributed by atoms with Crippen molar-refractivity contribution in [3.8, 4) is 23.1 Å². The summed E-state index contributed by atoms with van der Waals surface area (Å²) in [7, 11) is 1.80. The smallest absolute Gasteiger partial charge is 0.419 e. The van der Waals surface area contributed by atoms with E-state index < -0.39 is 11.7 Å². The highest BCUT2D eigenvalue weighted by Crippen LogP contribution is 2.41. The average Bonchev–Trinajstić information content (AvgIpc) is 2.78. The molecule has 2 aromatic rings. The summed E-state index contributed by atoms with van der Waals surface area (Å²) in [6.45, 7) is 4.75. The van der Waals surface area contributed by atoms with Crippen LogP contribution in [-0.4, -0.2) is 55.3 Å². The van der Waals surface area contributed by atoms with E-state index in [2.05, 4.69) is 9.98 Å².